The second kappa shape index (κ2) is 6.53. The fourth-order valence-corrected chi connectivity index (χ4v) is 3.56. The lowest BCUT2D eigenvalue weighted by atomic mass is 10.1. The zero-order chi connectivity index (χ0) is 18.3. The Morgan fingerprint density at radius 3 is 2.88 bits per heavy atom. The summed E-state index contributed by atoms with van der Waals surface area (Å²) in [6.45, 7) is 3.50. The molecule has 2 aliphatic heterocycles. The molecule has 0 spiro atoms. The summed E-state index contributed by atoms with van der Waals surface area (Å²) in [4.78, 5) is 33.4. The van der Waals surface area contributed by atoms with Gasteiger partial charge in [0.05, 0.1) is 42.6 Å². The Balaban J connectivity index is 1.62. The highest BCUT2D eigenvalue weighted by atomic mass is 16.5. The van der Waals surface area contributed by atoms with Gasteiger partial charge < -0.3 is 14.5 Å². The molecule has 8 nitrogen and oxygen atoms in total. The van der Waals surface area contributed by atoms with Gasteiger partial charge in [-0.1, -0.05) is 6.07 Å². The van der Waals surface area contributed by atoms with Gasteiger partial charge in [-0.25, -0.2) is 9.67 Å². The van der Waals surface area contributed by atoms with E-state index < -0.39 is 0 Å². The number of carbonyl (C=O) groups excluding carboxylic acids is 2. The summed E-state index contributed by atoms with van der Waals surface area (Å²) in [5.74, 6) is 0.288. The Morgan fingerprint density at radius 1 is 1.27 bits per heavy atom. The Hall–Kier alpha value is -2.74. The molecule has 8 heteroatoms. The van der Waals surface area contributed by atoms with Crippen molar-refractivity contribution in [2.45, 2.75) is 13.0 Å². The minimum atomic E-state index is -0.317. The van der Waals surface area contributed by atoms with Gasteiger partial charge in [-0.3, -0.25) is 9.59 Å². The van der Waals surface area contributed by atoms with Crippen molar-refractivity contribution in [2.24, 2.45) is 5.92 Å². The van der Waals surface area contributed by atoms with Gasteiger partial charge >= 0.3 is 0 Å². The molecular formula is C18H21N5O3. The smallest absolute Gasteiger partial charge is 0.257 e. The molecule has 2 fully saturated rings. The third-order valence-electron chi connectivity index (χ3n) is 5.14. The summed E-state index contributed by atoms with van der Waals surface area (Å²) in [6, 6.07) is 5.43. The largest absolute Gasteiger partial charge is 0.378 e. The standard InChI is InChI=1S/C18H21N5O3/c1-12-15(7-20-23(12)16-5-3-4-6-19-16)18(25)22-8-13-10-26-11-14(9-22)21(2)17(13)24/h3-7,13-14H,8-11H2,1-2H3/t13-,14+/m1/s1. The molecule has 0 aliphatic carbocycles. The predicted molar refractivity (Wildman–Crippen MR) is 92.9 cm³/mol. The van der Waals surface area contributed by atoms with Gasteiger partial charge in [-0.15, -0.1) is 0 Å². The third kappa shape index (κ3) is 2.76. The van der Waals surface area contributed by atoms with E-state index in [0.717, 1.165) is 5.69 Å². The van der Waals surface area contributed by atoms with E-state index in [1.165, 1.54) is 0 Å². The van der Waals surface area contributed by atoms with Crippen LogP contribution in [0.15, 0.2) is 30.6 Å². The number of carbonyl (C=O) groups is 2. The molecule has 4 heterocycles. The van der Waals surface area contributed by atoms with Crippen molar-refractivity contribution >= 4 is 11.8 Å². The number of hydrogen-bond donors (Lipinski definition) is 0. The Labute approximate surface area is 151 Å². The molecule has 0 N–H and O–H groups in total. The molecule has 4 rings (SSSR count). The fourth-order valence-electron chi connectivity index (χ4n) is 3.56. The normalized spacial score (nSPS) is 23.1. The average molecular weight is 355 g/mol. The first-order valence-corrected chi connectivity index (χ1v) is 8.66. The monoisotopic (exact) mass is 355 g/mol. The van der Waals surface area contributed by atoms with Crippen LogP contribution in [0.2, 0.25) is 0 Å². The summed E-state index contributed by atoms with van der Waals surface area (Å²) in [5.41, 5.74) is 1.27. The van der Waals surface area contributed by atoms with Crippen LogP contribution >= 0.6 is 0 Å². The van der Waals surface area contributed by atoms with Gasteiger partial charge in [0.25, 0.3) is 5.91 Å². The number of fused-ring (bicyclic) bond motifs is 3. The molecule has 2 amide bonds. The van der Waals surface area contributed by atoms with Crippen LogP contribution in [-0.4, -0.2) is 75.8 Å². The first kappa shape index (κ1) is 16.7. The highest BCUT2D eigenvalue weighted by Crippen LogP contribution is 2.22. The maximum atomic E-state index is 13.1. The summed E-state index contributed by atoms with van der Waals surface area (Å²) >= 11 is 0. The zero-order valence-electron chi connectivity index (χ0n) is 14.8. The van der Waals surface area contributed by atoms with E-state index in [1.54, 1.807) is 33.9 Å². The zero-order valence-corrected chi connectivity index (χ0v) is 14.8. The number of ether oxygens (including phenoxy) is 1. The van der Waals surface area contributed by atoms with Crippen molar-refractivity contribution in [3.8, 4) is 5.82 Å². The van der Waals surface area contributed by atoms with Crippen LogP contribution in [0.1, 0.15) is 16.1 Å². The van der Waals surface area contributed by atoms with Crippen molar-refractivity contribution in [1.82, 2.24) is 24.6 Å². The number of hydrogen-bond acceptors (Lipinski definition) is 5. The molecular weight excluding hydrogens is 334 g/mol. The molecule has 2 saturated heterocycles. The lowest BCUT2D eigenvalue weighted by Crippen LogP contribution is -2.45. The van der Waals surface area contributed by atoms with E-state index in [4.69, 9.17) is 4.74 Å². The lowest BCUT2D eigenvalue weighted by molar-refractivity contribution is -0.133. The molecule has 2 aliphatic rings. The topological polar surface area (TPSA) is 80.6 Å². The molecule has 0 aromatic carbocycles. The van der Waals surface area contributed by atoms with E-state index >= 15 is 0 Å². The average Bonchev–Trinajstić information content (AvgIpc) is 2.91. The first-order chi connectivity index (χ1) is 12.6. The van der Waals surface area contributed by atoms with Crippen molar-refractivity contribution in [3.05, 3.63) is 41.9 Å². The molecule has 2 atom stereocenters. The van der Waals surface area contributed by atoms with Gasteiger partial charge in [-0.2, -0.15) is 5.10 Å². The molecule has 2 bridgehead atoms. The van der Waals surface area contributed by atoms with Gasteiger partial charge in [-0.05, 0) is 19.1 Å². The van der Waals surface area contributed by atoms with Crippen LogP contribution in [0.3, 0.4) is 0 Å². The van der Waals surface area contributed by atoms with Crippen molar-refractivity contribution in [2.75, 3.05) is 33.4 Å². The highest BCUT2D eigenvalue weighted by molar-refractivity contribution is 5.96. The molecule has 26 heavy (non-hydrogen) atoms. The van der Waals surface area contributed by atoms with Crippen molar-refractivity contribution in [1.29, 1.82) is 0 Å². The highest BCUT2D eigenvalue weighted by Gasteiger charge is 2.39. The quantitative estimate of drug-likeness (QED) is 0.784. The number of likely N-dealkylation sites (N-methyl/N-ethyl adjacent to an activating group) is 1. The van der Waals surface area contributed by atoms with Crippen LogP contribution in [0.4, 0.5) is 0 Å². The number of amides is 2. The molecule has 0 unspecified atom stereocenters. The maximum absolute atomic E-state index is 13.1. The summed E-state index contributed by atoms with van der Waals surface area (Å²) in [5, 5.41) is 4.33. The lowest BCUT2D eigenvalue weighted by Gasteiger charge is -2.29. The van der Waals surface area contributed by atoms with Crippen LogP contribution in [-0.2, 0) is 9.53 Å². The van der Waals surface area contributed by atoms with E-state index in [0.29, 0.717) is 37.7 Å². The second-order valence-corrected chi connectivity index (χ2v) is 6.79. The van der Waals surface area contributed by atoms with Crippen molar-refractivity contribution in [3.63, 3.8) is 0 Å². The Kier molecular flexibility index (Phi) is 4.20. The van der Waals surface area contributed by atoms with E-state index in [1.807, 2.05) is 25.1 Å². The van der Waals surface area contributed by atoms with Crippen LogP contribution in [0, 0.1) is 12.8 Å². The number of pyridine rings is 1. The number of nitrogens with zero attached hydrogens (tertiary/aromatic N) is 5. The maximum Gasteiger partial charge on any atom is 0.257 e. The van der Waals surface area contributed by atoms with Crippen molar-refractivity contribution < 1.29 is 14.3 Å². The minimum Gasteiger partial charge on any atom is -0.378 e. The Bertz CT molecular complexity index is 835. The molecule has 136 valence electrons. The van der Waals surface area contributed by atoms with Gasteiger partial charge in [0, 0.05) is 26.3 Å². The van der Waals surface area contributed by atoms with Gasteiger partial charge in [0.2, 0.25) is 5.91 Å². The molecule has 2 aromatic rings. The first-order valence-electron chi connectivity index (χ1n) is 8.66. The Morgan fingerprint density at radius 2 is 2.12 bits per heavy atom. The van der Waals surface area contributed by atoms with Crippen LogP contribution in [0.25, 0.3) is 5.82 Å². The van der Waals surface area contributed by atoms with Crippen LogP contribution < -0.4 is 0 Å². The summed E-state index contributed by atoms with van der Waals surface area (Å²) in [7, 11) is 1.78. The third-order valence-corrected chi connectivity index (χ3v) is 5.14. The SMILES string of the molecule is Cc1c(C(=O)N2C[C@@H]3COC[C@H](C2)N(C)C3=O)cnn1-c1ccccn1. The van der Waals surface area contributed by atoms with E-state index in [9.17, 15) is 9.59 Å². The van der Waals surface area contributed by atoms with Gasteiger partial charge in [0.1, 0.15) is 0 Å². The van der Waals surface area contributed by atoms with Gasteiger partial charge in [0.15, 0.2) is 5.82 Å². The molecule has 0 saturated carbocycles. The second-order valence-electron chi connectivity index (χ2n) is 6.79. The molecule has 2 aromatic heterocycles. The fraction of sp³-hybridized carbons (Fsp3) is 0.444. The van der Waals surface area contributed by atoms with Crippen LogP contribution in [0.5, 0.6) is 0 Å². The molecule has 0 radical (unpaired) electrons. The summed E-state index contributed by atoms with van der Waals surface area (Å²) in [6.07, 6.45) is 3.27. The minimum absolute atomic E-state index is 0.0451. The predicted octanol–water partition coefficient (Wildman–Crippen LogP) is 0.505. The number of rotatable bonds is 2. The summed E-state index contributed by atoms with van der Waals surface area (Å²) < 4.78 is 7.26. The van der Waals surface area contributed by atoms with E-state index in [2.05, 4.69) is 10.1 Å². The number of aromatic nitrogens is 3. The van der Waals surface area contributed by atoms with E-state index in [-0.39, 0.29) is 23.8 Å².